The third-order valence-corrected chi connectivity index (χ3v) is 5.62. The first-order valence-corrected chi connectivity index (χ1v) is 9.95. The number of nitrogens with zero attached hydrogens (tertiary/aromatic N) is 4. The maximum Gasteiger partial charge on any atom is 0.227 e. The molecule has 0 saturated carbocycles. The Morgan fingerprint density at radius 1 is 1.29 bits per heavy atom. The van der Waals surface area contributed by atoms with E-state index in [4.69, 9.17) is 9.26 Å². The van der Waals surface area contributed by atoms with Crippen molar-refractivity contribution in [2.24, 2.45) is 0 Å². The Morgan fingerprint density at radius 2 is 2.04 bits per heavy atom. The van der Waals surface area contributed by atoms with Gasteiger partial charge in [-0.1, -0.05) is 5.16 Å². The summed E-state index contributed by atoms with van der Waals surface area (Å²) in [6.07, 6.45) is 3.29. The first kappa shape index (κ1) is 17.3. The zero-order valence-electron chi connectivity index (χ0n) is 13.7. The van der Waals surface area contributed by atoms with Crippen LogP contribution in [0.25, 0.3) is 0 Å². The number of ether oxygens (including phenoxy) is 1. The molecule has 9 nitrogen and oxygen atoms in total. The number of carbonyl (C=O) groups is 1. The van der Waals surface area contributed by atoms with Crippen molar-refractivity contribution in [3.63, 3.8) is 0 Å². The highest BCUT2D eigenvalue weighted by molar-refractivity contribution is 7.88. The number of hydrogen-bond acceptors (Lipinski definition) is 7. The van der Waals surface area contributed by atoms with Gasteiger partial charge in [0.2, 0.25) is 21.8 Å². The highest BCUT2D eigenvalue weighted by atomic mass is 32.2. The van der Waals surface area contributed by atoms with E-state index < -0.39 is 10.0 Å². The van der Waals surface area contributed by atoms with Gasteiger partial charge >= 0.3 is 0 Å². The maximum absolute atomic E-state index is 12.1. The van der Waals surface area contributed by atoms with Gasteiger partial charge in [0.05, 0.1) is 25.5 Å². The second-order valence-electron chi connectivity index (χ2n) is 6.07. The van der Waals surface area contributed by atoms with Crippen molar-refractivity contribution in [3.05, 3.63) is 11.7 Å². The summed E-state index contributed by atoms with van der Waals surface area (Å²) < 4.78 is 35.4. The Morgan fingerprint density at radius 3 is 2.75 bits per heavy atom. The predicted molar refractivity (Wildman–Crippen MR) is 83.5 cm³/mol. The van der Waals surface area contributed by atoms with Gasteiger partial charge in [0.25, 0.3) is 0 Å². The van der Waals surface area contributed by atoms with Crippen LogP contribution in [-0.4, -0.2) is 72.8 Å². The molecule has 0 aromatic carbocycles. The Kier molecular flexibility index (Phi) is 5.16. The Hall–Kier alpha value is -1.52. The van der Waals surface area contributed by atoms with Crippen molar-refractivity contribution in [1.82, 2.24) is 19.3 Å². The van der Waals surface area contributed by atoms with Crippen LogP contribution in [0.15, 0.2) is 4.52 Å². The van der Waals surface area contributed by atoms with Crippen LogP contribution in [0.1, 0.15) is 37.0 Å². The molecule has 10 heteroatoms. The fraction of sp³-hybridized carbons (Fsp3) is 0.786. The van der Waals surface area contributed by atoms with E-state index in [9.17, 15) is 13.2 Å². The molecule has 1 aromatic heterocycles. The largest absolute Gasteiger partial charge is 0.378 e. The Balaban J connectivity index is 1.58. The zero-order chi connectivity index (χ0) is 17.2. The van der Waals surface area contributed by atoms with Crippen molar-refractivity contribution in [2.45, 2.75) is 31.7 Å². The summed E-state index contributed by atoms with van der Waals surface area (Å²) in [5.41, 5.74) is 0. The first-order chi connectivity index (χ1) is 11.4. The average Bonchev–Trinajstić information content (AvgIpc) is 3.21. The molecule has 0 N–H and O–H groups in total. The van der Waals surface area contributed by atoms with Gasteiger partial charge in [-0.25, -0.2) is 8.42 Å². The third-order valence-electron chi connectivity index (χ3n) is 4.33. The van der Waals surface area contributed by atoms with Gasteiger partial charge in [0.1, 0.15) is 0 Å². The molecule has 24 heavy (non-hydrogen) atoms. The molecule has 2 aliphatic heterocycles. The lowest BCUT2D eigenvalue weighted by atomic mass is 10.2. The lowest BCUT2D eigenvalue weighted by Crippen LogP contribution is -2.40. The van der Waals surface area contributed by atoms with E-state index in [1.807, 2.05) is 0 Å². The van der Waals surface area contributed by atoms with E-state index >= 15 is 0 Å². The molecule has 2 fully saturated rings. The van der Waals surface area contributed by atoms with Crippen molar-refractivity contribution in [1.29, 1.82) is 0 Å². The molecule has 1 aromatic rings. The predicted octanol–water partition coefficient (Wildman–Crippen LogP) is -0.0425. The zero-order valence-corrected chi connectivity index (χ0v) is 14.5. The number of hydrogen-bond donors (Lipinski definition) is 0. The lowest BCUT2D eigenvalue weighted by Gasteiger charge is -2.26. The van der Waals surface area contributed by atoms with Crippen molar-refractivity contribution >= 4 is 15.9 Å². The average molecular weight is 358 g/mol. The van der Waals surface area contributed by atoms with Crippen LogP contribution in [0.3, 0.4) is 0 Å². The number of rotatable bonds is 5. The summed E-state index contributed by atoms with van der Waals surface area (Å²) in [6.45, 7) is 2.83. The highest BCUT2D eigenvalue weighted by Gasteiger charge is 2.35. The number of sulfonamides is 1. The molecule has 2 aliphatic rings. The van der Waals surface area contributed by atoms with Gasteiger partial charge < -0.3 is 14.2 Å². The van der Waals surface area contributed by atoms with E-state index in [-0.39, 0.29) is 11.9 Å². The van der Waals surface area contributed by atoms with Gasteiger partial charge in [0.15, 0.2) is 5.82 Å². The van der Waals surface area contributed by atoms with Crippen LogP contribution in [-0.2, 0) is 26.0 Å². The molecule has 0 spiro atoms. The van der Waals surface area contributed by atoms with Crippen molar-refractivity contribution in [3.8, 4) is 0 Å². The van der Waals surface area contributed by atoms with Crippen LogP contribution in [0.5, 0.6) is 0 Å². The molecule has 2 saturated heterocycles. The van der Waals surface area contributed by atoms with Gasteiger partial charge in [-0.3, -0.25) is 4.79 Å². The molecular formula is C14H22N4O5S. The third kappa shape index (κ3) is 3.93. The fourth-order valence-corrected chi connectivity index (χ4v) is 4.21. The van der Waals surface area contributed by atoms with Crippen LogP contribution in [0, 0.1) is 0 Å². The lowest BCUT2D eigenvalue weighted by molar-refractivity contribution is -0.135. The number of morpholine rings is 1. The molecule has 3 rings (SSSR count). The minimum Gasteiger partial charge on any atom is -0.378 e. The summed E-state index contributed by atoms with van der Waals surface area (Å²) in [5, 5.41) is 3.92. The second kappa shape index (κ2) is 7.16. The van der Waals surface area contributed by atoms with Gasteiger partial charge in [-0.05, 0) is 12.8 Å². The molecule has 1 atom stereocenters. The number of aromatic nitrogens is 2. The molecule has 134 valence electrons. The summed E-state index contributed by atoms with van der Waals surface area (Å²) >= 11 is 0. The van der Waals surface area contributed by atoms with Gasteiger partial charge in [0, 0.05) is 32.5 Å². The molecular weight excluding hydrogens is 336 g/mol. The monoisotopic (exact) mass is 358 g/mol. The number of carbonyl (C=O) groups excluding carboxylic acids is 1. The SMILES string of the molecule is CS(=O)(=O)N1CCCC1c1noc(CCC(=O)N2CCOCC2)n1. The normalized spacial score (nSPS) is 22.9. The molecule has 3 heterocycles. The summed E-state index contributed by atoms with van der Waals surface area (Å²) in [4.78, 5) is 18.2. The van der Waals surface area contributed by atoms with E-state index in [1.165, 1.54) is 10.6 Å². The van der Waals surface area contributed by atoms with Gasteiger partial charge in [-0.2, -0.15) is 9.29 Å². The standard InChI is InChI=1S/C14H22N4O5S/c1-24(20,21)18-6-2-3-11(18)14-15-12(23-16-14)4-5-13(19)17-7-9-22-10-8-17/h11H,2-10H2,1H3. The minimum atomic E-state index is -3.29. The van der Waals surface area contributed by atoms with E-state index in [2.05, 4.69) is 10.1 Å². The van der Waals surface area contributed by atoms with Crippen LogP contribution in [0.4, 0.5) is 0 Å². The summed E-state index contributed by atoms with van der Waals surface area (Å²) in [5.74, 6) is 0.787. The van der Waals surface area contributed by atoms with E-state index in [1.54, 1.807) is 4.90 Å². The smallest absolute Gasteiger partial charge is 0.227 e. The van der Waals surface area contributed by atoms with Crippen LogP contribution >= 0.6 is 0 Å². The minimum absolute atomic E-state index is 0.0386. The van der Waals surface area contributed by atoms with Crippen molar-refractivity contribution < 1.29 is 22.5 Å². The molecule has 0 bridgehead atoms. The maximum atomic E-state index is 12.1. The summed E-state index contributed by atoms with van der Waals surface area (Å²) in [6, 6.07) is -0.368. The topological polar surface area (TPSA) is 106 Å². The number of aryl methyl sites for hydroxylation is 1. The van der Waals surface area contributed by atoms with Crippen LogP contribution < -0.4 is 0 Å². The summed E-state index contributed by atoms with van der Waals surface area (Å²) in [7, 11) is -3.29. The van der Waals surface area contributed by atoms with Gasteiger partial charge in [-0.15, -0.1) is 0 Å². The second-order valence-corrected chi connectivity index (χ2v) is 8.01. The van der Waals surface area contributed by atoms with E-state index in [0.717, 1.165) is 6.42 Å². The quantitative estimate of drug-likeness (QED) is 0.727. The molecule has 1 unspecified atom stereocenters. The Bertz CT molecular complexity index is 683. The molecule has 0 aliphatic carbocycles. The fourth-order valence-electron chi connectivity index (χ4n) is 3.08. The number of amides is 1. The molecule has 1 amide bonds. The first-order valence-electron chi connectivity index (χ1n) is 8.10. The molecule has 0 radical (unpaired) electrons. The van der Waals surface area contributed by atoms with E-state index in [0.29, 0.717) is 63.8 Å². The Labute approximate surface area is 141 Å². The van der Waals surface area contributed by atoms with Crippen molar-refractivity contribution in [2.75, 3.05) is 39.1 Å². The van der Waals surface area contributed by atoms with Crippen LogP contribution in [0.2, 0.25) is 0 Å². The highest BCUT2D eigenvalue weighted by Crippen LogP contribution is 2.32.